The first kappa shape index (κ1) is 10.1. The third-order valence-corrected chi connectivity index (χ3v) is 3.27. The maximum atomic E-state index is 11.2. The SMILES string of the molecule is O=S(=O)(CCl)Nc1ncnc2nc[nH]c12. The van der Waals surface area contributed by atoms with Gasteiger partial charge in [-0.05, 0) is 0 Å². The van der Waals surface area contributed by atoms with E-state index in [1.165, 1.54) is 12.7 Å². The number of aromatic amines is 1. The highest BCUT2D eigenvalue weighted by Gasteiger charge is 2.12. The quantitative estimate of drug-likeness (QED) is 0.760. The van der Waals surface area contributed by atoms with E-state index < -0.39 is 15.2 Å². The highest BCUT2D eigenvalue weighted by Crippen LogP contribution is 2.15. The van der Waals surface area contributed by atoms with Gasteiger partial charge in [-0.1, -0.05) is 0 Å². The number of hydrogen-bond donors (Lipinski definition) is 2. The molecule has 2 rings (SSSR count). The number of imidazole rings is 1. The standard InChI is InChI=1S/C6H6ClN5O2S/c7-1-15(13,14)12-6-4-5(9-2-8-4)10-3-11-6/h2-3H,1H2,(H2,8,9,10,11,12). The third-order valence-electron chi connectivity index (χ3n) is 1.62. The zero-order valence-corrected chi connectivity index (χ0v) is 8.88. The van der Waals surface area contributed by atoms with Crippen LogP contribution < -0.4 is 4.72 Å². The van der Waals surface area contributed by atoms with Crippen molar-refractivity contribution < 1.29 is 8.42 Å². The lowest BCUT2D eigenvalue weighted by Crippen LogP contribution is -2.14. The molecular formula is C6H6ClN5O2S. The Balaban J connectivity index is 2.48. The van der Waals surface area contributed by atoms with Gasteiger partial charge in [0.2, 0.25) is 10.0 Å². The summed E-state index contributed by atoms with van der Waals surface area (Å²) < 4.78 is 24.6. The summed E-state index contributed by atoms with van der Waals surface area (Å²) in [6, 6.07) is 0. The minimum atomic E-state index is -3.56. The lowest BCUT2D eigenvalue weighted by molar-refractivity contribution is 0.605. The van der Waals surface area contributed by atoms with Crippen LogP contribution in [0.25, 0.3) is 11.2 Å². The van der Waals surface area contributed by atoms with Crippen LogP contribution in [0.5, 0.6) is 0 Å². The second-order valence-corrected chi connectivity index (χ2v) is 4.96. The van der Waals surface area contributed by atoms with Gasteiger partial charge in [0, 0.05) is 0 Å². The van der Waals surface area contributed by atoms with Gasteiger partial charge in [-0.3, -0.25) is 4.72 Å². The summed E-state index contributed by atoms with van der Waals surface area (Å²) in [6.07, 6.45) is 2.62. The van der Waals surface area contributed by atoms with Gasteiger partial charge in [-0.2, -0.15) is 0 Å². The van der Waals surface area contributed by atoms with Crippen molar-refractivity contribution in [2.75, 3.05) is 9.93 Å². The largest absolute Gasteiger partial charge is 0.340 e. The molecule has 0 aromatic carbocycles. The summed E-state index contributed by atoms with van der Waals surface area (Å²) in [7, 11) is -3.56. The first-order valence-corrected chi connectivity index (χ1v) is 6.01. The molecule has 2 aromatic rings. The molecule has 0 amide bonds. The van der Waals surface area contributed by atoms with Gasteiger partial charge in [0.15, 0.2) is 11.5 Å². The molecule has 80 valence electrons. The predicted octanol–water partition coefficient (Wildman–Crippen LogP) is 0.291. The molecule has 9 heteroatoms. The van der Waals surface area contributed by atoms with Crippen LogP contribution in [0.1, 0.15) is 0 Å². The van der Waals surface area contributed by atoms with Crippen LogP contribution in [0, 0.1) is 0 Å². The maximum Gasteiger partial charge on any atom is 0.248 e. The van der Waals surface area contributed by atoms with Gasteiger partial charge in [0.1, 0.15) is 17.1 Å². The van der Waals surface area contributed by atoms with Gasteiger partial charge < -0.3 is 4.98 Å². The fraction of sp³-hybridized carbons (Fsp3) is 0.167. The van der Waals surface area contributed by atoms with Gasteiger partial charge in [0.05, 0.1) is 6.33 Å². The van der Waals surface area contributed by atoms with Crippen molar-refractivity contribution in [2.24, 2.45) is 0 Å². The van der Waals surface area contributed by atoms with Crippen LogP contribution in [-0.4, -0.2) is 33.6 Å². The molecular weight excluding hydrogens is 242 g/mol. The van der Waals surface area contributed by atoms with Gasteiger partial charge in [-0.25, -0.2) is 23.4 Å². The average Bonchev–Trinajstić information content (AvgIpc) is 2.66. The highest BCUT2D eigenvalue weighted by atomic mass is 35.5. The number of alkyl halides is 1. The van der Waals surface area contributed by atoms with Crippen LogP contribution >= 0.6 is 11.6 Å². The smallest absolute Gasteiger partial charge is 0.248 e. The molecule has 0 saturated carbocycles. The molecule has 15 heavy (non-hydrogen) atoms. The second-order valence-electron chi connectivity index (χ2n) is 2.65. The van der Waals surface area contributed by atoms with Crippen LogP contribution in [0.4, 0.5) is 5.82 Å². The molecule has 7 nitrogen and oxygen atoms in total. The molecule has 0 saturated heterocycles. The second kappa shape index (κ2) is 3.63. The number of H-pyrrole nitrogens is 1. The normalized spacial score (nSPS) is 11.8. The summed E-state index contributed by atoms with van der Waals surface area (Å²) in [5.74, 6) is 0.137. The summed E-state index contributed by atoms with van der Waals surface area (Å²) in [5.41, 5.74) is 0.809. The summed E-state index contributed by atoms with van der Waals surface area (Å²) in [6.45, 7) is 0. The van der Waals surface area contributed by atoms with Crippen molar-refractivity contribution in [3.63, 3.8) is 0 Å². The molecule has 0 bridgehead atoms. The van der Waals surface area contributed by atoms with Gasteiger partial charge in [0.25, 0.3) is 0 Å². The van der Waals surface area contributed by atoms with Crippen LogP contribution in [0.2, 0.25) is 0 Å². The molecule has 0 atom stereocenters. The molecule has 0 spiro atoms. The van der Waals surface area contributed by atoms with Crippen LogP contribution in [0.15, 0.2) is 12.7 Å². The van der Waals surface area contributed by atoms with Crippen molar-refractivity contribution in [1.82, 2.24) is 19.9 Å². The number of anilines is 1. The minimum Gasteiger partial charge on any atom is -0.340 e. The topological polar surface area (TPSA) is 101 Å². The molecule has 2 heterocycles. The maximum absolute atomic E-state index is 11.2. The summed E-state index contributed by atoms with van der Waals surface area (Å²) in [4.78, 5) is 14.2. The number of nitrogens with one attached hydrogen (secondary N) is 2. The Bertz CT molecular complexity index is 580. The first-order valence-electron chi connectivity index (χ1n) is 3.83. The molecule has 0 aliphatic heterocycles. The van der Waals surface area contributed by atoms with E-state index in [1.54, 1.807) is 0 Å². The number of sulfonamides is 1. The lowest BCUT2D eigenvalue weighted by Gasteiger charge is -2.03. The highest BCUT2D eigenvalue weighted by molar-refractivity contribution is 7.93. The average molecular weight is 248 g/mol. The Morgan fingerprint density at radius 2 is 2.20 bits per heavy atom. The zero-order valence-electron chi connectivity index (χ0n) is 7.31. The van der Waals surface area contributed by atoms with E-state index in [1.807, 2.05) is 0 Å². The van der Waals surface area contributed by atoms with Gasteiger partial charge in [-0.15, -0.1) is 11.6 Å². The number of hydrogen-bond acceptors (Lipinski definition) is 5. The van der Waals surface area contributed by atoms with Crippen molar-refractivity contribution in [3.05, 3.63) is 12.7 Å². The van der Waals surface area contributed by atoms with E-state index in [2.05, 4.69) is 24.7 Å². The van der Waals surface area contributed by atoms with E-state index in [4.69, 9.17) is 11.6 Å². The van der Waals surface area contributed by atoms with E-state index in [0.717, 1.165) is 0 Å². The number of nitrogens with zero attached hydrogens (tertiary/aromatic N) is 3. The minimum absolute atomic E-state index is 0.137. The zero-order chi connectivity index (χ0) is 10.9. The van der Waals surface area contributed by atoms with E-state index in [-0.39, 0.29) is 5.82 Å². The van der Waals surface area contributed by atoms with Crippen LogP contribution in [-0.2, 0) is 10.0 Å². The monoisotopic (exact) mass is 247 g/mol. The Hall–Kier alpha value is -1.41. The van der Waals surface area contributed by atoms with Crippen LogP contribution in [0.3, 0.4) is 0 Å². The predicted molar refractivity (Wildman–Crippen MR) is 54.9 cm³/mol. The number of aromatic nitrogens is 4. The summed E-state index contributed by atoms with van der Waals surface area (Å²) in [5, 5.41) is -0.535. The Morgan fingerprint density at radius 3 is 2.93 bits per heavy atom. The van der Waals surface area contributed by atoms with E-state index in [9.17, 15) is 8.42 Å². The molecule has 0 aliphatic carbocycles. The van der Waals surface area contributed by atoms with Crippen molar-refractivity contribution in [1.29, 1.82) is 0 Å². The van der Waals surface area contributed by atoms with Crippen molar-refractivity contribution >= 4 is 38.6 Å². The number of halogens is 1. The van der Waals surface area contributed by atoms with Crippen molar-refractivity contribution in [2.45, 2.75) is 0 Å². The summed E-state index contributed by atoms with van der Waals surface area (Å²) >= 11 is 5.25. The molecule has 0 fully saturated rings. The molecule has 0 unspecified atom stereocenters. The lowest BCUT2D eigenvalue weighted by atomic mass is 10.5. The van der Waals surface area contributed by atoms with E-state index >= 15 is 0 Å². The first-order chi connectivity index (χ1) is 7.12. The number of rotatable bonds is 3. The Labute approximate surface area is 90.0 Å². The Kier molecular flexibility index (Phi) is 2.45. The Morgan fingerprint density at radius 1 is 1.40 bits per heavy atom. The fourth-order valence-corrected chi connectivity index (χ4v) is 1.68. The molecule has 2 aromatic heterocycles. The molecule has 2 N–H and O–H groups in total. The number of fused-ring (bicyclic) bond motifs is 1. The van der Waals surface area contributed by atoms with E-state index in [0.29, 0.717) is 11.2 Å². The van der Waals surface area contributed by atoms with Gasteiger partial charge >= 0.3 is 0 Å². The van der Waals surface area contributed by atoms with Crippen molar-refractivity contribution in [3.8, 4) is 0 Å². The molecule has 0 aliphatic rings. The fourth-order valence-electron chi connectivity index (χ4n) is 1.02. The third kappa shape index (κ3) is 2.00. The molecule has 0 radical (unpaired) electrons.